The van der Waals surface area contributed by atoms with E-state index in [2.05, 4.69) is 22.0 Å². The lowest BCUT2D eigenvalue weighted by atomic mass is 10.00. The standard InChI is InChI=1S/C9H16N4O/c1-7-2-4-13(5-3-7)9-12-11-8(6-10)14-9/h7H,2-6,10H2,1H3. The smallest absolute Gasteiger partial charge is 0.318 e. The molecule has 1 saturated heterocycles. The second kappa shape index (κ2) is 3.96. The number of hydrogen-bond donors (Lipinski definition) is 1. The topological polar surface area (TPSA) is 68.2 Å². The van der Waals surface area contributed by atoms with Gasteiger partial charge in [0.25, 0.3) is 0 Å². The summed E-state index contributed by atoms with van der Waals surface area (Å²) in [4.78, 5) is 2.13. The Kier molecular flexibility index (Phi) is 2.67. The fraction of sp³-hybridized carbons (Fsp3) is 0.778. The highest BCUT2D eigenvalue weighted by atomic mass is 16.4. The van der Waals surface area contributed by atoms with Gasteiger partial charge in [-0.05, 0) is 18.8 Å². The Morgan fingerprint density at radius 3 is 2.71 bits per heavy atom. The molecule has 2 heterocycles. The van der Waals surface area contributed by atoms with Crippen molar-refractivity contribution < 1.29 is 4.42 Å². The Hall–Kier alpha value is -1.10. The Balaban J connectivity index is 2.01. The van der Waals surface area contributed by atoms with Gasteiger partial charge in [-0.25, -0.2) is 0 Å². The monoisotopic (exact) mass is 196 g/mol. The molecule has 0 saturated carbocycles. The van der Waals surface area contributed by atoms with E-state index in [4.69, 9.17) is 10.2 Å². The molecule has 2 rings (SSSR count). The number of anilines is 1. The van der Waals surface area contributed by atoms with Crippen molar-refractivity contribution in [2.45, 2.75) is 26.3 Å². The van der Waals surface area contributed by atoms with E-state index in [0.29, 0.717) is 18.5 Å². The quantitative estimate of drug-likeness (QED) is 0.756. The van der Waals surface area contributed by atoms with Crippen molar-refractivity contribution in [2.24, 2.45) is 11.7 Å². The van der Waals surface area contributed by atoms with E-state index < -0.39 is 0 Å². The highest BCUT2D eigenvalue weighted by Crippen LogP contribution is 2.21. The Morgan fingerprint density at radius 1 is 1.43 bits per heavy atom. The minimum atomic E-state index is 0.317. The normalized spacial score (nSPS) is 18.9. The second-order valence-corrected chi connectivity index (χ2v) is 3.85. The van der Waals surface area contributed by atoms with Gasteiger partial charge in [0.1, 0.15) is 0 Å². The van der Waals surface area contributed by atoms with Crippen molar-refractivity contribution in [1.82, 2.24) is 10.2 Å². The number of piperidine rings is 1. The van der Waals surface area contributed by atoms with Gasteiger partial charge in [-0.3, -0.25) is 0 Å². The summed E-state index contributed by atoms with van der Waals surface area (Å²) in [7, 11) is 0. The minimum absolute atomic E-state index is 0.317. The summed E-state index contributed by atoms with van der Waals surface area (Å²) in [5.41, 5.74) is 5.40. The summed E-state index contributed by atoms with van der Waals surface area (Å²) in [5, 5.41) is 7.81. The van der Waals surface area contributed by atoms with E-state index in [-0.39, 0.29) is 0 Å². The molecule has 5 nitrogen and oxygen atoms in total. The van der Waals surface area contributed by atoms with Gasteiger partial charge in [-0.2, -0.15) is 0 Å². The van der Waals surface area contributed by atoms with Crippen LogP contribution in [0.5, 0.6) is 0 Å². The molecule has 1 aromatic heterocycles. The van der Waals surface area contributed by atoms with Crippen molar-refractivity contribution in [1.29, 1.82) is 0 Å². The van der Waals surface area contributed by atoms with Gasteiger partial charge < -0.3 is 15.1 Å². The van der Waals surface area contributed by atoms with Crippen LogP contribution in [0.15, 0.2) is 4.42 Å². The fourth-order valence-electron chi connectivity index (χ4n) is 1.65. The van der Waals surface area contributed by atoms with Crippen molar-refractivity contribution in [3.8, 4) is 0 Å². The first-order valence-electron chi connectivity index (χ1n) is 5.07. The Bertz CT molecular complexity index is 291. The molecule has 0 aromatic carbocycles. The van der Waals surface area contributed by atoms with Crippen molar-refractivity contribution >= 4 is 6.01 Å². The summed E-state index contributed by atoms with van der Waals surface area (Å²) in [6.45, 7) is 4.61. The van der Waals surface area contributed by atoms with E-state index in [1.165, 1.54) is 12.8 Å². The van der Waals surface area contributed by atoms with Crippen molar-refractivity contribution in [3.63, 3.8) is 0 Å². The maximum Gasteiger partial charge on any atom is 0.318 e. The molecule has 1 fully saturated rings. The van der Waals surface area contributed by atoms with Crippen LogP contribution in [0, 0.1) is 5.92 Å². The maximum atomic E-state index is 5.40. The van der Waals surface area contributed by atoms with Crippen LogP contribution in [-0.2, 0) is 6.54 Å². The molecular formula is C9H16N4O. The Morgan fingerprint density at radius 2 is 2.14 bits per heavy atom. The van der Waals surface area contributed by atoms with Crippen LogP contribution >= 0.6 is 0 Å². The summed E-state index contributed by atoms with van der Waals surface area (Å²) < 4.78 is 5.39. The molecule has 0 amide bonds. The highest BCUT2D eigenvalue weighted by molar-refractivity contribution is 5.24. The molecule has 0 spiro atoms. The van der Waals surface area contributed by atoms with E-state index in [1.54, 1.807) is 0 Å². The molecule has 0 radical (unpaired) electrons. The lowest BCUT2D eigenvalue weighted by Gasteiger charge is -2.28. The molecule has 1 aliphatic rings. The van der Waals surface area contributed by atoms with Gasteiger partial charge in [0.15, 0.2) is 0 Å². The van der Waals surface area contributed by atoms with Crippen LogP contribution in [0.1, 0.15) is 25.7 Å². The maximum absolute atomic E-state index is 5.40. The first-order valence-corrected chi connectivity index (χ1v) is 5.07. The molecule has 78 valence electrons. The average Bonchev–Trinajstić information content (AvgIpc) is 2.67. The zero-order chi connectivity index (χ0) is 9.97. The van der Waals surface area contributed by atoms with Gasteiger partial charge in [-0.15, -0.1) is 5.10 Å². The fourth-order valence-corrected chi connectivity index (χ4v) is 1.65. The van der Waals surface area contributed by atoms with Crippen LogP contribution in [0.25, 0.3) is 0 Å². The number of aromatic nitrogens is 2. The predicted molar refractivity (Wildman–Crippen MR) is 52.8 cm³/mol. The summed E-state index contributed by atoms with van der Waals surface area (Å²) in [5.74, 6) is 1.32. The van der Waals surface area contributed by atoms with E-state index >= 15 is 0 Å². The van der Waals surface area contributed by atoms with Gasteiger partial charge in [0.05, 0.1) is 6.54 Å². The molecule has 2 N–H and O–H groups in total. The second-order valence-electron chi connectivity index (χ2n) is 3.85. The SMILES string of the molecule is CC1CCN(c2nnc(CN)o2)CC1. The summed E-state index contributed by atoms with van der Waals surface area (Å²) >= 11 is 0. The van der Waals surface area contributed by atoms with Crippen molar-refractivity contribution in [2.75, 3.05) is 18.0 Å². The molecule has 14 heavy (non-hydrogen) atoms. The number of nitrogens with zero attached hydrogens (tertiary/aromatic N) is 3. The van der Waals surface area contributed by atoms with Crippen LogP contribution in [0.4, 0.5) is 6.01 Å². The Labute approximate surface area is 83.3 Å². The first-order chi connectivity index (χ1) is 6.79. The van der Waals surface area contributed by atoms with Crippen LogP contribution < -0.4 is 10.6 Å². The molecule has 0 atom stereocenters. The molecule has 1 aliphatic heterocycles. The van der Waals surface area contributed by atoms with Gasteiger partial charge >= 0.3 is 6.01 Å². The number of rotatable bonds is 2. The largest absolute Gasteiger partial charge is 0.407 e. The average molecular weight is 196 g/mol. The highest BCUT2D eigenvalue weighted by Gasteiger charge is 2.19. The predicted octanol–water partition coefficient (Wildman–Crippen LogP) is 0.765. The zero-order valence-electron chi connectivity index (χ0n) is 8.44. The lowest BCUT2D eigenvalue weighted by Crippen LogP contribution is -2.32. The zero-order valence-corrected chi connectivity index (χ0v) is 8.44. The minimum Gasteiger partial charge on any atom is -0.407 e. The summed E-state index contributed by atoms with van der Waals surface area (Å²) in [6.07, 6.45) is 2.39. The molecule has 0 unspecified atom stereocenters. The lowest BCUT2D eigenvalue weighted by molar-refractivity contribution is 0.405. The molecule has 0 aliphatic carbocycles. The van der Waals surface area contributed by atoms with Crippen LogP contribution in [0.2, 0.25) is 0 Å². The molecule has 1 aromatic rings. The third-order valence-electron chi connectivity index (χ3n) is 2.68. The van der Waals surface area contributed by atoms with Crippen LogP contribution in [-0.4, -0.2) is 23.3 Å². The molecular weight excluding hydrogens is 180 g/mol. The van der Waals surface area contributed by atoms with E-state index in [9.17, 15) is 0 Å². The third-order valence-corrected chi connectivity index (χ3v) is 2.68. The van der Waals surface area contributed by atoms with Gasteiger partial charge in [-0.1, -0.05) is 12.0 Å². The number of nitrogens with two attached hydrogens (primary N) is 1. The summed E-state index contributed by atoms with van der Waals surface area (Å²) in [6, 6.07) is 0.623. The van der Waals surface area contributed by atoms with Gasteiger partial charge in [0, 0.05) is 13.1 Å². The molecule has 0 bridgehead atoms. The third kappa shape index (κ3) is 1.87. The first kappa shape index (κ1) is 9.45. The van der Waals surface area contributed by atoms with Crippen molar-refractivity contribution in [3.05, 3.63) is 5.89 Å². The van der Waals surface area contributed by atoms with E-state index in [0.717, 1.165) is 19.0 Å². The number of hydrogen-bond acceptors (Lipinski definition) is 5. The van der Waals surface area contributed by atoms with E-state index in [1.807, 2.05) is 0 Å². The van der Waals surface area contributed by atoms with Crippen LogP contribution in [0.3, 0.4) is 0 Å². The molecule has 5 heteroatoms. The van der Waals surface area contributed by atoms with Gasteiger partial charge in [0.2, 0.25) is 5.89 Å².